The molecule has 0 aromatic heterocycles. The van der Waals surface area contributed by atoms with Gasteiger partial charge in [0.05, 0.1) is 26.4 Å². The van der Waals surface area contributed by atoms with Gasteiger partial charge in [-0.05, 0) is 49.4 Å². The second-order valence-corrected chi connectivity index (χ2v) is 27.7. The predicted molar refractivity (Wildman–Crippen MR) is 331 cm³/mol. The molecule has 0 radical (unpaired) electrons. The van der Waals surface area contributed by atoms with Crippen LogP contribution in [0, 0.1) is 23.7 Å². The monoisotopic (exact) mass is 1230 g/mol. The van der Waals surface area contributed by atoms with E-state index in [1.165, 1.54) is 109 Å². The van der Waals surface area contributed by atoms with Crippen molar-refractivity contribution in [3.05, 3.63) is 0 Å². The van der Waals surface area contributed by atoms with Crippen molar-refractivity contribution in [3.8, 4) is 0 Å². The molecule has 0 aliphatic heterocycles. The van der Waals surface area contributed by atoms with Crippen LogP contribution in [0.3, 0.4) is 0 Å². The number of hydrogen-bond donors (Lipinski definition) is 3. The summed E-state index contributed by atoms with van der Waals surface area (Å²) < 4.78 is 67.9. The third-order valence-corrected chi connectivity index (χ3v) is 16.8. The molecule has 0 saturated heterocycles. The Morgan fingerprint density at radius 3 is 0.855 bits per heavy atom. The number of carbonyl (C=O) groups excluding carboxylic acids is 4. The Morgan fingerprint density at radius 1 is 0.337 bits per heavy atom. The zero-order chi connectivity index (χ0) is 61.8. The molecular weight excluding hydrogens is 1100 g/mol. The Labute approximate surface area is 505 Å². The number of unbranched alkanes of at least 4 members (excludes halogenated alkanes) is 26. The standard InChI is InChI=1S/C64H124O17P2/c1-9-57(8)43-35-27-21-23-31-39-47-64(69)81-60(51-74-61(66)44-36-28-18-13-11-10-12-16-24-32-40-54(2)3)53-79-83(72,73)77-49-58(65)48-76-82(70,71)78-52-59(80-63(68)46-38-30-22-20-26-34-42-56(6)7)50-75-62(67)45-37-29-19-15-14-17-25-33-41-55(4)5/h54-60,65H,9-53H2,1-8H3,(H,70,71)(H,72,73)/t57?,58?,59-,60-/m1/s1. The molecule has 4 unspecified atom stereocenters. The second-order valence-electron chi connectivity index (χ2n) is 24.8. The van der Waals surface area contributed by atoms with Gasteiger partial charge in [0.2, 0.25) is 0 Å². The van der Waals surface area contributed by atoms with Gasteiger partial charge in [-0.15, -0.1) is 0 Å². The van der Waals surface area contributed by atoms with Gasteiger partial charge in [0.15, 0.2) is 12.2 Å². The fourth-order valence-electron chi connectivity index (χ4n) is 9.40. The van der Waals surface area contributed by atoms with Crippen molar-refractivity contribution in [2.75, 3.05) is 39.6 Å². The van der Waals surface area contributed by atoms with Gasteiger partial charge in [0.25, 0.3) is 0 Å². The zero-order valence-electron chi connectivity index (χ0n) is 53.8. The van der Waals surface area contributed by atoms with Gasteiger partial charge in [-0.3, -0.25) is 37.3 Å². The molecule has 0 fully saturated rings. The van der Waals surface area contributed by atoms with Crippen LogP contribution in [0.1, 0.15) is 306 Å². The number of aliphatic hydroxyl groups is 1. The van der Waals surface area contributed by atoms with Crippen LogP contribution in [-0.4, -0.2) is 96.7 Å². The van der Waals surface area contributed by atoms with E-state index in [9.17, 15) is 43.2 Å². The summed E-state index contributed by atoms with van der Waals surface area (Å²) in [5, 5.41) is 10.5. The van der Waals surface area contributed by atoms with Crippen molar-refractivity contribution < 1.29 is 80.2 Å². The maximum atomic E-state index is 13.0. The molecule has 3 N–H and O–H groups in total. The van der Waals surface area contributed by atoms with Crippen molar-refractivity contribution in [2.24, 2.45) is 23.7 Å². The lowest BCUT2D eigenvalue weighted by molar-refractivity contribution is -0.161. The minimum absolute atomic E-state index is 0.101. The van der Waals surface area contributed by atoms with Crippen LogP contribution in [0.5, 0.6) is 0 Å². The Kier molecular flexibility index (Phi) is 53.0. The summed E-state index contributed by atoms with van der Waals surface area (Å²) in [6.07, 6.45) is 33.7. The van der Waals surface area contributed by atoms with E-state index in [4.69, 9.17) is 37.0 Å². The molecule has 0 heterocycles. The largest absolute Gasteiger partial charge is 0.472 e. The number of carbonyl (C=O) groups is 4. The van der Waals surface area contributed by atoms with Gasteiger partial charge in [-0.2, -0.15) is 0 Å². The highest BCUT2D eigenvalue weighted by Gasteiger charge is 2.30. The maximum absolute atomic E-state index is 13.0. The lowest BCUT2D eigenvalue weighted by Crippen LogP contribution is -2.30. The molecule has 0 aliphatic carbocycles. The normalized spacial score (nSPS) is 14.8. The van der Waals surface area contributed by atoms with Crippen LogP contribution < -0.4 is 0 Å². The first-order valence-electron chi connectivity index (χ1n) is 33.2. The molecule has 0 bridgehead atoms. The average molecular weight is 1230 g/mol. The zero-order valence-corrected chi connectivity index (χ0v) is 55.6. The molecule has 19 heteroatoms. The lowest BCUT2D eigenvalue weighted by atomic mass is 10.00. The molecule has 0 aromatic rings. The van der Waals surface area contributed by atoms with Crippen LogP contribution in [0.25, 0.3) is 0 Å². The highest BCUT2D eigenvalue weighted by Crippen LogP contribution is 2.45. The summed E-state index contributed by atoms with van der Waals surface area (Å²) in [6.45, 7) is 13.9. The maximum Gasteiger partial charge on any atom is 0.472 e. The molecule has 492 valence electrons. The Balaban J connectivity index is 5.24. The van der Waals surface area contributed by atoms with Crippen molar-refractivity contribution in [1.29, 1.82) is 0 Å². The van der Waals surface area contributed by atoms with E-state index in [0.29, 0.717) is 31.6 Å². The molecule has 0 aromatic carbocycles. The molecular formula is C64H124O17P2. The SMILES string of the molecule is CCC(C)CCCCCCCCC(=O)O[C@H](COC(=O)CCCCCCCCCCCCC(C)C)COP(=O)(O)OCC(O)COP(=O)(O)OC[C@@H](COC(=O)CCCCCCCCCCC(C)C)OC(=O)CCCCCCCCC(C)C. The summed E-state index contributed by atoms with van der Waals surface area (Å²) >= 11 is 0. The van der Waals surface area contributed by atoms with Crippen molar-refractivity contribution in [3.63, 3.8) is 0 Å². The first-order chi connectivity index (χ1) is 39.6. The smallest absolute Gasteiger partial charge is 0.462 e. The molecule has 0 spiro atoms. The van der Waals surface area contributed by atoms with E-state index in [1.807, 2.05) is 0 Å². The van der Waals surface area contributed by atoms with Gasteiger partial charge in [0.1, 0.15) is 19.3 Å². The molecule has 17 nitrogen and oxygen atoms in total. The first kappa shape index (κ1) is 81.1. The molecule has 0 amide bonds. The van der Waals surface area contributed by atoms with Crippen LogP contribution in [-0.2, 0) is 65.4 Å². The van der Waals surface area contributed by atoms with E-state index in [0.717, 1.165) is 108 Å². The summed E-state index contributed by atoms with van der Waals surface area (Å²) in [5.74, 6) is 0.730. The average Bonchev–Trinajstić information content (AvgIpc) is 3.43. The fourth-order valence-corrected chi connectivity index (χ4v) is 11.0. The van der Waals surface area contributed by atoms with Gasteiger partial charge in [0, 0.05) is 25.7 Å². The van der Waals surface area contributed by atoms with Crippen LogP contribution in [0.15, 0.2) is 0 Å². The van der Waals surface area contributed by atoms with E-state index >= 15 is 0 Å². The van der Waals surface area contributed by atoms with Crippen molar-refractivity contribution >= 4 is 39.5 Å². The van der Waals surface area contributed by atoms with Gasteiger partial charge >= 0.3 is 39.5 Å². The number of esters is 4. The highest BCUT2D eigenvalue weighted by molar-refractivity contribution is 7.47. The summed E-state index contributed by atoms with van der Waals surface area (Å²) in [5.41, 5.74) is 0. The number of ether oxygens (including phenoxy) is 4. The number of aliphatic hydroxyl groups excluding tert-OH is 1. The van der Waals surface area contributed by atoms with Crippen LogP contribution in [0.4, 0.5) is 0 Å². The summed E-state index contributed by atoms with van der Waals surface area (Å²) in [6, 6.07) is 0. The number of hydrogen-bond acceptors (Lipinski definition) is 15. The van der Waals surface area contributed by atoms with E-state index < -0.39 is 97.5 Å². The molecule has 83 heavy (non-hydrogen) atoms. The molecule has 0 saturated carbocycles. The minimum Gasteiger partial charge on any atom is -0.462 e. The summed E-state index contributed by atoms with van der Waals surface area (Å²) in [4.78, 5) is 72.2. The Morgan fingerprint density at radius 2 is 0.578 bits per heavy atom. The Bertz CT molecular complexity index is 1660. The van der Waals surface area contributed by atoms with E-state index in [-0.39, 0.29) is 25.7 Å². The lowest BCUT2D eigenvalue weighted by Gasteiger charge is -2.21. The third-order valence-electron chi connectivity index (χ3n) is 14.9. The molecule has 0 rings (SSSR count). The highest BCUT2D eigenvalue weighted by atomic mass is 31.2. The van der Waals surface area contributed by atoms with Crippen molar-refractivity contribution in [2.45, 2.75) is 324 Å². The number of phosphoric acid groups is 2. The number of rotatable bonds is 61. The minimum atomic E-state index is -4.95. The third kappa shape index (κ3) is 57.6. The summed E-state index contributed by atoms with van der Waals surface area (Å²) in [7, 11) is -9.89. The topological polar surface area (TPSA) is 237 Å². The van der Waals surface area contributed by atoms with Crippen molar-refractivity contribution in [1.82, 2.24) is 0 Å². The number of phosphoric ester groups is 2. The molecule has 6 atom stereocenters. The van der Waals surface area contributed by atoms with E-state index in [1.54, 1.807) is 0 Å². The van der Waals surface area contributed by atoms with E-state index in [2.05, 4.69) is 55.4 Å². The van der Waals surface area contributed by atoms with Gasteiger partial charge in [-0.25, -0.2) is 9.13 Å². The predicted octanol–water partition coefficient (Wildman–Crippen LogP) is 17.4. The second kappa shape index (κ2) is 54.2. The fraction of sp³-hybridized carbons (Fsp3) is 0.938. The Hall–Kier alpha value is -1.94. The van der Waals surface area contributed by atoms with Crippen LogP contribution >= 0.6 is 15.6 Å². The first-order valence-corrected chi connectivity index (χ1v) is 36.2. The quantitative estimate of drug-likeness (QED) is 0.0222. The van der Waals surface area contributed by atoms with Gasteiger partial charge in [-0.1, -0.05) is 254 Å². The molecule has 0 aliphatic rings. The van der Waals surface area contributed by atoms with Crippen LogP contribution in [0.2, 0.25) is 0 Å². The van der Waals surface area contributed by atoms with Gasteiger partial charge < -0.3 is 33.8 Å².